The minimum absolute atomic E-state index is 0.198. The fourth-order valence-corrected chi connectivity index (χ4v) is 1.67. The number of benzene rings is 1. The van der Waals surface area contributed by atoms with Crippen molar-refractivity contribution in [1.82, 2.24) is 0 Å². The molecular weight excluding hydrogens is 224 g/mol. The molecule has 0 aliphatic heterocycles. The van der Waals surface area contributed by atoms with Gasteiger partial charge in [-0.05, 0) is 30.7 Å². The van der Waals surface area contributed by atoms with E-state index in [9.17, 15) is 9.59 Å². The maximum absolute atomic E-state index is 11.5. The maximum atomic E-state index is 11.5. The molecule has 0 fully saturated rings. The van der Waals surface area contributed by atoms with Crippen LogP contribution in [0, 0.1) is 6.92 Å². The molecule has 0 aliphatic carbocycles. The molecule has 0 atom stereocenters. The molecule has 1 heterocycles. The average Bonchev–Trinajstić information content (AvgIpc) is 2.70. The lowest BCUT2D eigenvalue weighted by Crippen LogP contribution is -2.01. The van der Waals surface area contributed by atoms with Crippen molar-refractivity contribution in [1.29, 1.82) is 0 Å². The van der Waals surface area contributed by atoms with E-state index in [1.807, 2.05) is 0 Å². The third-order valence-corrected chi connectivity index (χ3v) is 2.38. The van der Waals surface area contributed by atoms with E-state index in [4.69, 9.17) is 9.52 Å². The summed E-state index contributed by atoms with van der Waals surface area (Å²) in [5.74, 6) is -1.92. The van der Waals surface area contributed by atoms with Gasteiger partial charge in [-0.3, -0.25) is 0 Å². The van der Waals surface area contributed by atoms with Crippen LogP contribution in [0.2, 0.25) is 0 Å². The fourth-order valence-electron chi connectivity index (χ4n) is 1.67. The van der Waals surface area contributed by atoms with Crippen LogP contribution >= 0.6 is 0 Å². The molecule has 88 valence electrons. The number of furan rings is 1. The van der Waals surface area contributed by atoms with Crippen LogP contribution in [0.25, 0.3) is 11.0 Å². The van der Waals surface area contributed by atoms with Gasteiger partial charge in [0.2, 0.25) is 5.76 Å². The van der Waals surface area contributed by atoms with Crippen LogP contribution in [0.1, 0.15) is 26.5 Å². The quantitative estimate of drug-likeness (QED) is 0.806. The van der Waals surface area contributed by atoms with Crippen molar-refractivity contribution in [2.45, 2.75) is 6.92 Å². The lowest BCUT2D eigenvalue weighted by molar-refractivity contribution is 0.0597. The molecule has 2 rings (SSSR count). The molecule has 0 radical (unpaired) electrons. The first-order chi connectivity index (χ1) is 8.02. The van der Waals surface area contributed by atoms with E-state index >= 15 is 0 Å². The Bertz CT molecular complexity index is 609. The highest BCUT2D eigenvalue weighted by atomic mass is 16.5. The Morgan fingerprint density at radius 2 is 2.00 bits per heavy atom. The molecule has 0 spiro atoms. The number of methoxy groups -OCH3 is 1. The van der Waals surface area contributed by atoms with Gasteiger partial charge in [0.25, 0.3) is 0 Å². The second-order valence-electron chi connectivity index (χ2n) is 3.64. The fraction of sp³-hybridized carbons (Fsp3) is 0.167. The van der Waals surface area contributed by atoms with Crippen LogP contribution in [0.4, 0.5) is 0 Å². The zero-order valence-electron chi connectivity index (χ0n) is 9.31. The first-order valence-electron chi connectivity index (χ1n) is 4.88. The third kappa shape index (κ3) is 1.87. The summed E-state index contributed by atoms with van der Waals surface area (Å²) >= 11 is 0. The molecule has 17 heavy (non-hydrogen) atoms. The standard InChI is InChI=1S/C12H10O5/c1-6-3-7-5-9(11(13)14)17-10(7)8(4-6)12(15)16-2/h3-5H,1-2H3,(H,13,14). The average molecular weight is 234 g/mol. The van der Waals surface area contributed by atoms with Gasteiger partial charge >= 0.3 is 11.9 Å². The van der Waals surface area contributed by atoms with Crippen LogP contribution in [-0.4, -0.2) is 24.2 Å². The predicted molar refractivity (Wildman–Crippen MR) is 59.2 cm³/mol. The summed E-state index contributed by atoms with van der Waals surface area (Å²) in [6.45, 7) is 1.80. The van der Waals surface area contributed by atoms with Crippen molar-refractivity contribution in [3.8, 4) is 0 Å². The number of carbonyl (C=O) groups is 2. The lowest BCUT2D eigenvalue weighted by Gasteiger charge is -2.01. The van der Waals surface area contributed by atoms with Crippen LogP contribution in [-0.2, 0) is 4.74 Å². The monoisotopic (exact) mass is 234 g/mol. The van der Waals surface area contributed by atoms with Crippen molar-refractivity contribution < 1.29 is 23.8 Å². The molecule has 2 aromatic rings. The Kier molecular flexibility index (Phi) is 2.59. The number of aryl methyl sites for hydroxylation is 1. The SMILES string of the molecule is COC(=O)c1cc(C)cc2cc(C(=O)O)oc12. The van der Waals surface area contributed by atoms with Crippen molar-refractivity contribution >= 4 is 22.9 Å². The minimum Gasteiger partial charge on any atom is -0.475 e. The van der Waals surface area contributed by atoms with Gasteiger partial charge in [-0.15, -0.1) is 0 Å². The summed E-state index contributed by atoms with van der Waals surface area (Å²) in [7, 11) is 1.26. The zero-order valence-corrected chi connectivity index (χ0v) is 9.31. The van der Waals surface area contributed by atoms with E-state index in [2.05, 4.69) is 4.74 Å². The van der Waals surface area contributed by atoms with Crippen LogP contribution in [0.3, 0.4) is 0 Å². The Morgan fingerprint density at radius 1 is 1.29 bits per heavy atom. The van der Waals surface area contributed by atoms with Crippen LogP contribution < -0.4 is 0 Å². The van der Waals surface area contributed by atoms with E-state index in [0.717, 1.165) is 5.56 Å². The second kappa shape index (κ2) is 3.93. The van der Waals surface area contributed by atoms with Crippen molar-refractivity contribution in [3.05, 3.63) is 35.1 Å². The lowest BCUT2D eigenvalue weighted by atomic mass is 10.1. The first kappa shape index (κ1) is 11.2. The zero-order chi connectivity index (χ0) is 12.6. The Balaban J connectivity index is 2.74. The summed E-state index contributed by atoms with van der Waals surface area (Å²) in [4.78, 5) is 22.3. The number of carboxylic acid groups (broad SMARTS) is 1. The number of carbonyl (C=O) groups excluding carboxylic acids is 1. The number of rotatable bonds is 2. The molecular formula is C12H10O5. The number of aromatic carboxylic acids is 1. The van der Waals surface area contributed by atoms with Gasteiger partial charge < -0.3 is 14.3 Å². The first-order valence-corrected chi connectivity index (χ1v) is 4.88. The van der Waals surface area contributed by atoms with Crippen LogP contribution in [0.5, 0.6) is 0 Å². The van der Waals surface area contributed by atoms with Gasteiger partial charge in [-0.25, -0.2) is 9.59 Å². The van der Waals surface area contributed by atoms with Gasteiger partial charge in [0.05, 0.1) is 7.11 Å². The summed E-state index contributed by atoms with van der Waals surface area (Å²) < 4.78 is 9.76. The third-order valence-electron chi connectivity index (χ3n) is 2.38. The van der Waals surface area contributed by atoms with E-state index in [1.165, 1.54) is 13.2 Å². The van der Waals surface area contributed by atoms with Gasteiger partial charge in [0.15, 0.2) is 0 Å². The molecule has 1 N–H and O–H groups in total. The Hall–Kier alpha value is -2.30. The molecule has 0 saturated carbocycles. The molecule has 0 aliphatic rings. The summed E-state index contributed by atoms with van der Waals surface area (Å²) in [5, 5.41) is 9.40. The molecule has 0 unspecified atom stereocenters. The smallest absolute Gasteiger partial charge is 0.371 e. The normalized spacial score (nSPS) is 10.5. The molecule has 0 bridgehead atoms. The highest BCUT2D eigenvalue weighted by Gasteiger charge is 2.18. The Morgan fingerprint density at radius 3 is 2.59 bits per heavy atom. The number of fused-ring (bicyclic) bond motifs is 1. The van der Waals surface area contributed by atoms with E-state index < -0.39 is 11.9 Å². The molecule has 0 amide bonds. The van der Waals surface area contributed by atoms with Gasteiger partial charge in [-0.1, -0.05) is 0 Å². The highest BCUT2D eigenvalue weighted by Crippen LogP contribution is 2.25. The summed E-state index contributed by atoms with van der Waals surface area (Å²) in [6, 6.07) is 4.73. The molecule has 5 heteroatoms. The highest BCUT2D eigenvalue weighted by molar-refractivity contribution is 6.04. The number of esters is 1. The van der Waals surface area contributed by atoms with Crippen molar-refractivity contribution in [3.63, 3.8) is 0 Å². The number of hydrogen-bond donors (Lipinski definition) is 1. The second-order valence-corrected chi connectivity index (χ2v) is 3.64. The van der Waals surface area contributed by atoms with Crippen molar-refractivity contribution in [2.75, 3.05) is 7.11 Å². The number of hydrogen-bond acceptors (Lipinski definition) is 4. The number of carboxylic acids is 1. The molecule has 0 saturated heterocycles. The number of ether oxygens (including phenoxy) is 1. The van der Waals surface area contributed by atoms with E-state index in [1.54, 1.807) is 19.1 Å². The van der Waals surface area contributed by atoms with E-state index in [-0.39, 0.29) is 16.9 Å². The topological polar surface area (TPSA) is 76.7 Å². The largest absolute Gasteiger partial charge is 0.475 e. The predicted octanol–water partition coefficient (Wildman–Crippen LogP) is 2.23. The minimum atomic E-state index is -1.17. The van der Waals surface area contributed by atoms with Gasteiger partial charge in [-0.2, -0.15) is 0 Å². The molecule has 1 aromatic carbocycles. The van der Waals surface area contributed by atoms with Crippen LogP contribution in [0.15, 0.2) is 22.6 Å². The summed E-state index contributed by atoms with van der Waals surface area (Å²) in [5.41, 5.74) is 1.30. The molecule has 5 nitrogen and oxygen atoms in total. The van der Waals surface area contributed by atoms with Crippen molar-refractivity contribution in [2.24, 2.45) is 0 Å². The Labute approximate surface area is 96.6 Å². The maximum Gasteiger partial charge on any atom is 0.371 e. The van der Waals surface area contributed by atoms with Gasteiger partial charge in [0.1, 0.15) is 11.1 Å². The van der Waals surface area contributed by atoms with Gasteiger partial charge in [0, 0.05) is 5.39 Å². The molecule has 1 aromatic heterocycles. The summed E-state index contributed by atoms with van der Waals surface area (Å²) in [6.07, 6.45) is 0. The van der Waals surface area contributed by atoms with E-state index in [0.29, 0.717) is 5.39 Å².